The van der Waals surface area contributed by atoms with Gasteiger partial charge in [-0.15, -0.1) is 0 Å². The Balaban J connectivity index is 1.85. The van der Waals surface area contributed by atoms with Crippen LogP contribution in [0.25, 0.3) is 10.2 Å². The molecule has 1 amide bonds. The number of rotatable bonds is 5. The predicted molar refractivity (Wildman–Crippen MR) is 105 cm³/mol. The van der Waals surface area contributed by atoms with E-state index in [4.69, 9.17) is 18.9 Å². The summed E-state index contributed by atoms with van der Waals surface area (Å²) >= 11 is 1.28. The first-order valence-electron chi connectivity index (χ1n) is 8.91. The van der Waals surface area contributed by atoms with E-state index in [1.165, 1.54) is 18.4 Å². The number of amides is 1. The summed E-state index contributed by atoms with van der Waals surface area (Å²) in [5.74, 6) is 0.743. The molecule has 150 valence electrons. The smallest absolute Gasteiger partial charge is 0.325 e. The Morgan fingerprint density at radius 3 is 2.72 bits per heavy atom. The third-order valence-corrected chi connectivity index (χ3v) is 5.35. The van der Waals surface area contributed by atoms with Crippen molar-refractivity contribution < 1.29 is 28.5 Å². The number of aromatic nitrogens is 1. The Hall–Kier alpha value is -3.33. The zero-order valence-corrected chi connectivity index (χ0v) is 16.7. The van der Waals surface area contributed by atoms with E-state index in [0.717, 1.165) is 4.70 Å². The van der Waals surface area contributed by atoms with Gasteiger partial charge in [0.05, 0.1) is 29.5 Å². The summed E-state index contributed by atoms with van der Waals surface area (Å²) in [4.78, 5) is 29.5. The quantitative estimate of drug-likeness (QED) is 0.597. The summed E-state index contributed by atoms with van der Waals surface area (Å²) in [5, 5.41) is 0. The summed E-state index contributed by atoms with van der Waals surface area (Å²) in [6.45, 7) is 2.34. The fourth-order valence-electron chi connectivity index (χ4n) is 2.96. The van der Waals surface area contributed by atoms with Crippen molar-refractivity contribution >= 4 is 33.4 Å². The van der Waals surface area contributed by atoms with Gasteiger partial charge < -0.3 is 23.5 Å². The van der Waals surface area contributed by atoms with Gasteiger partial charge in [-0.1, -0.05) is 23.5 Å². The summed E-state index contributed by atoms with van der Waals surface area (Å²) in [5.41, 5.74) is 1.06. The molecule has 1 aromatic heterocycles. The topological polar surface area (TPSA) is 88.4 Å². The highest BCUT2D eigenvalue weighted by molar-refractivity contribution is 7.16. The van der Waals surface area contributed by atoms with Crippen LogP contribution in [0.1, 0.15) is 17.3 Å². The van der Waals surface area contributed by atoms with Crippen LogP contribution < -0.4 is 19.0 Å². The zero-order chi connectivity index (χ0) is 20.4. The second-order valence-corrected chi connectivity index (χ2v) is 7.08. The molecule has 0 unspecified atom stereocenters. The number of carbonyl (C=O) groups excluding carboxylic acids is 2. The normalized spacial score (nSPS) is 13.0. The van der Waals surface area contributed by atoms with Gasteiger partial charge in [0.15, 0.2) is 16.3 Å². The van der Waals surface area contributed by atoms with E-state index in [-0.39, 0.29) is 13.3 Å². The fourth-order valence-corrected chi connectivity index (χ4v) is 4.00. The number of nitrogens with zero attached hydrogens (tertiary/aromatic N) is 2. The van der Waals surface area contributed by atoms with Crippen LogP contribution in [0.15, 0.2) is 41.4 Å². The molecule has 1 aliphatic heterocycles. The van der Waals surface area contributed by atoms with E-state index in [0.29, 0.717) is 39.7 Å². The van der Waals surface area contributed by atoms with Crippen molar-refractivity contribution in [2.24, 2.45) is 4.99 Å². The molecule has 0 radical (unpaired) electrons. The minimum atomic E-state index is -0.459. The van der Waals surface area contributed by atoms with Crippen molar-refractivity contribution in [1.29, 1.82) is 0 Å². The SMILES string of the molecule is CCOc1ccccc1C(=O)N=c1sc2cc3c(cc2n1CC(=O)OC)OCO3. The molecule has 0 aliphatic carbocycles. The highest BCUT2D eigenvalue weighted by Gasteiger charge is 2.20. The molecule has 0 bridgehead atoms. The van der Waals surface area contributed by atoms with Gasteiger partial charge in [-0.25, -0.2) is 0 Å². The summed E-state index contributed by atoms with van der Waals surface area (Å²) in [7, 11) is 1.31. The number of ether oxygens (including phenoxy) is 4. The fraction of sp³-hybridized carbons (Fsp3) is 0.250. The number of methoxy groups -OCH3 is 1. The number of esters is 1. The second kappa shape index (κ2) is 7.96. The molecule has 0 saturated heterocycles. The van der Waals surface area contributed by atoms with E-state index in [1.54, 1.807) is 34.9 Å². The molecule has 2 aromatic carbocycles. The van der Waals surface area contributed by atoms with Crippen molar-refractivity contribution in [3.8, 4) is 17.2 Å². The molecule has 1 aliphatic rings. The van der Waals surface area contributed by atoms with Gasteiger partial charge >= 0.3 is 5.97 Å². The molecule has 3 aromatic rings. The Morgan fingerprint density at radius 1 is 1.21 bits per heavy atom. The summed E-state index contributed by atoms with van der Waals surface area (Å²) < 4.78 is 23.6. The molecular weight excluding hydrogens is 396 g/mol. The van der Waals surface area contributed by atoms with Crippen molar-refractivity contribution in [2.45, 2.75) is 13.5 Å². The summed E-state index contributed by atoms with van der Waals surface area (Å²) in [6.07, 6.45) is 0. The van der Waals surface area contributed by atoms with Gasteiger partial charge in [-0.2, -0.15) is 4.99 Å². The van der Waals surface area contributed by atoms with Crippen molar-refractivity contribution in [2.75, 3.05) is 20.5 Å². The van der Waals surface area contributed by atoms with E-state index in [2.05, 4.69) is 4.99 Å². The highest BCUT2D eigenvalue weighted by Crippen LogP contribution is 2.37. The van der Waals surface area contributed by atoms with Gasteiger partial charge in [-0.3, -0.25) is 9.59 Å². The molecule has 0 N–H and O–H groups in total. The molecule has 0 spiro atoms. The first kappa shape index (κ1) is 19.0. The van der Waals surface area contributed by atoms with Crippen LogP contribution in [0.4, 0.5) is 0 Å². The first-order valence-corrected chi connectivity index (χ1v) is 9.73. The molecule has 9 heteroatoms. The van der Waals surface area contributed by atoms with Crippen LogP contribution in [0, 0.1) is 0 Å². The van der Waals surface area contributed by atoms with E-state index in [1.807, 2.05) is 13.0 Å². The average Bonchev–Trinajstić information content (AvgIpc) is 3.31. The third-order valence-electron chi connectivity index (χ3n) is 4.31. The Bertz CT molecular complexity index is 1160. The molecular formula is C20H18N2O6S. The highest BCUT2D eigenvalue weighted by atomic mass is 32.1. The second-order valence-electron chi connectivity index (χ2n) is 6.07. The molecule has 0 atom stereocenters. The minimum Gasteiger partial charge on any atom is -0.493 e. The standard InChI is InChI=1S/C20H18N2O6S/c1-3-26-14-7-5-4-6-12(14)19(24)21-20-22(10-18(23)25-2)13-8-15-16(28-11-27-15)9-17(13)29-20/h4-9H,3,10-11H2,1-2H3. The van der Waals surface area contributed by atoms with Crippen molar-refractivity contribution in [3.63, 3.8) is 0 Å². The molecule has 0 saturated carbocycles. The van der Waals surface area contributed by atoms with Crippen LogP contribution in [0.2, 0.25) is 0 Å². The molecule has 2 heterocycles. The van der Waals surface area contributed by atoms with Crippen LogP contribution in [0.3, 0.4) is 0 Å². The Morgan fingerprint density at radius 2 is 1.97 bits per heavy atom. The zero-order valence-electron chi connectivity index (χ0n) is 15.8. The van der Waals surface area contributed by atoms with Gasteiger partial charge in [0.25, 0.3) is 5.91 Å². The Labute approximate surface area is 169 Å². The van der Waals surface area contributed by atoms with Crippen LogP contribution in [0.5, 0.6) is 17.2 Å². The Kier molecular flexibility index (Phi) is 5.22. The van der Waals surface area contributed by atoms with Gasteiger partial charge in [0, 0.05) is 12.1 Å². The number of thiazole rings is 1. The molecule has 4 rings (SSSR count). The number of hydrogen-bond donors (Lipinski definition) is 0. The van der Waals surface area contributed by atoms with Crippen molar-refractivity contribution in [3.05, 3.63) is 46.8 Å². The number of hydrogen-bond acceptors (Lipinski definition) is 7. The van der Waals surface area contributed by atoms with Crippen LogP contribution in [-0.4, -0.2) is 37.0 Å². The molecule has 8 nitrogen and oxygen atoms in total. The van der Waals surface area contributed by atoms with Crippen molar-refractivity contribution in [1.82, 2.24) is 4.57 Å². The number of benzene rings is 2. The van der Waals surface area contributed by atoms with Crippen LogP contribution in [-0.2, 0) is 16.1 Å². The lowest BCUT2D eigenvalue weighted by atomic mass is 10.2. The molecule has 0 fully saturated rings. The first-order chi connectivity index (χ1) is 14.1. The van der Waals surface area contributed by atoms with Gasteiger partial charge in [0.2, 0.25) is 6.79 Å². The lowest BCUT2D eigenvalue weighted by Gasteiger charge is -2.07. The van der Waals surface area contributed by atoms with Gasteiger partial charge in [0.1, 0.15) is 12.3 Å². The maximum absolute atomic E-state index is 12.9. The lowest BCUT2D eigenvalue weighted by molar-refractivity contribution is -0.141. The molecule has 29 heavy (non-hydrogen) atoms. The number of fused-ring (bicyclic) bond motifs is 2. The number of para-hydroxylation sites is 1. The van der Waals surface area contributed by atoms with E-state index >= 15 is 0 Å². The maximum Gasteiger partial charge on any atom is 0.325 e. The van der Waals surface area contributed by atoms with Gasteiger partial charge in [-0.05, 0) is 19.1 Å². The van der Waals surface area contributed by atoms with Crippen LogP contribution >= 0.6 is 11.3 Å². The largest absolute Gasteiger partial charge is 0.493 e. The number of carbonyl (C=O) groups is 2. The minimum absolute atomic E-state index is 0.0879. The van der Waals surface area contributed by atoms with E-state index in [9.17, 15) is 9.59 Å². The average molecular weight is 414 g/mol. The third kappa shape index (κ3) is 3.68. The maximum atomic E-state index is 12.9. The lowest BCUT2D eigenvalue weighted by Crippen LogP contribution is -2.22. The predicted octanol–water partition coefficient (Wildman–Crippen LogP) is 2.74. The summed E-state index contributed by atoms with van der Waals surface area (Å²) in [6, 6.07) is 10.5. The van der Waals surface area contributed by atoms with E-state index < -0.39 is 11.9 Å². The monoisotopic (exact) mass is 414 g/mol.